The highest BCUT2D eigenvalue weighted by atomic mass is 19.4. The number of halogens is 3. The number of carbonyl (C=O) groups is 1. The SMILES string of the molecule is CC(O)(CNC(=O)c1cccc(C(F)(F)F)c1)c1ccc2c(c1)OCO2. The van der Waals surface area contributed by atoms with Crippen molar-refractivity contribution in [2.45, 2.75) is 18.7 Å². The molecule has 3 rings (SSSR count). The van der Waals surface area contributed by atoms with Gasteiger partial charge in [0.1, 0.15) is 5.60 Å². The van der Waals surface area contributed by atoms with Crippen molar-refractivity contribution in [1.29, 1.82) is 0 Å². The molecule has 0 radical (unpaired) electrons. The van der Waals surface area contributed by atoms with Crippen LogP contribution in [0.25, 0.3) is 0 Å². The lowest BCUT2D eigenvalue weighted by Gasteiger charge is -2.24. The lowest BCUT2D eigenvalue weighted by molar-refractivity contribution is -0.137. The number of fused-ring (bicyclic) bond motifs is 1. The van der Waals surface area contributed by atoms with Crippen molar-refractivity contribution in [1.82, 2.24) is 5.32 Å². The molecule has 1 unspecified atom stereocenters. The minimum Gasteiger partial charge on any atom is -0.454 e. The summed E-state index contributed by atoms with van der Waals surface area (Å²) in [5, 5.41) is 13.1. The highest BCUT2D eigenvalue weighted by molar-refractivity contribution is 5.94. The third-order valence-corrected chi connectivity index (χ3v) is 4.04. The Balaban J connectivity index is 1.70. The molecule has 1 atom stereocenters. The van der Waals surface area contributed by atoms with Gasteiger partial charge in [0.25, 0.3) is 5.91 Å². The zero-order valence-electron chi connectivity index (χ0n) is 13.8. The van der Waals surface area contributed by atoms with Gasteiger partial charge in [0.05, 0.1) is 12.1 Å². The maximum atomic E-state index is 12.7. The van der Waals surface area contributed by atoms with E-state index in [0.717, 1.165) is 18.2 Å². The van der Waals surface area contributed by atoms with Crippen molar-refractivity contribution < 1.29 is 32.5 Å². The number of carbonyl (C=O) groups excluding carboxylic acids is 1. The van der Waals surface area contributed by atoms with Crippen LogP contribution < -0.4 is 14.8 Å². The molecule has 1 heterocycles. The topological polar surface area (TPSA) is 67.8 Å². The molecule has 2 N–H and O–H groups in total. The predicted molar refractivity (Wildman–Crippen MR) is 85.9 cm³/mol. The number of aliphatic hydroxyl groups is 1. The molecule has 138 valence electrons. The first-order valence-electron chi connectivity index (χ1n) is 7.75. The standard InChI is InChI=1S/C18H16F3NO4/c1-17(24,12-5-6-14-15(8-12)26-10-25-14)9-22-16(23)11-3-2-4-13(7-11)18(19,20)21/h2-8,24H,9-10H2,1H3,(H,22,23). The third kappa shape index (κ3) is 3.75. The fraction of sp³-hybridized carbons (Fsp3) is 0.278. The van der Waals surface area contributed by atoms with Crippen molar-refractivity contribution in [3.8, 4) is 11.5 Å². The molecule has 26 heavy (non-hydrogen) atoms. The van der Waals surface area contributed by atoms with E-state index in [1.165, 1.54) is 13.0 Å². The summed E-state index contributed by atoms with van der Waals surface area (Å²) in [6.45, 7) is 1.38. The minimum atomic E-state index is -4.53. The summed E-state index contributed by atoms with van der Waals surface area (Å²) in [4.78, 5) is 12.2. The normalized spacial score (nSPS) is 15.4. The Morgan fingerprint density at radius 3 is 2.58 bits per heavy atom. The van der Waals surface area contributed by atoms with Crippen molar-refractivity contribution in [3.63, 3.8) is 0 Å². The van der Waals surface area contributed by atoms with E-state index in [9.17, 15) is 23.1 Å². The van der Waals surface area contributed by atoms with E-state index in [2.05, 4.69) is 5.32 Å². The molecular formula is C18H16F3NO4. The molecule has 1 aliphatic rings. The average molecular weight is 367 g/mol. The summed E-state index contributed by atoms with van der Waals surface area (Å²) in [5.74, 6) is 0.321. The van der Waals surface area contributed by atoms with Crippen LogP contribution in [-0.2, 0) is 11.8 Å². The van der Waals surface area contributed by atoms with E-state index in [-0.39, 0.29) is 18.9 Å². The summed E-state index contributed by atoms with van der Waals surface area (Å²) in [5.41, 5.74) is -2.02. The van der Waals surface area contributed by atoms with Crippen molar-refractivity contribution in [3.05, 3.63) is 59.2 Å². The molecule has 0 saturated heterocycles. The molecule has 2 aromatic carbocycles. The predicted octanol–water partition coefficient (Wildman–Crippen LogP) is 3.07. The van der Waals surface area contributed by atoms with Crippen LogP contribution in [-0.4, -0.2) is 24.4 Å². The number of amides is 1. The molecule has 0 spiro atoms. The molecule has 0 saturated carbocycles. The van der Waals surface area contributed by atoms with E-state index < -0.39 is 23.2 Å². The molecule has 0 aromatic heterocycles. The second-order valence-electron chi connectivity index (χ2n) is 6.10. The average Bonchev–Trinajstić information content (AvgIpc) is 3.07. The minimum absolute atomic E-state index is 0.0905. The van der Waals surface area contributed by atoms with Crippen LogP contribution >= 0.6 is 0 Å². The Morgan fingerprint density at radius 1 is 1.12 bits per heavy atom. The first-order chi connectivity index (χ1) is 12.2. The van der Waals surface area contributed by atoms with Gasteiger partial charge in [-0.05, 0) is 42.8 Å². The quantitative estimate of drug-likeness (QED) is 0.872. The van der Waals surface area contributed by atoms with E-state index in [1.54, 1.807) is 18.2 Å². The smallest absolute Gasteiger partial charge is 0.416 e. The fourth-order valence-corrected chi connectivity index (χ4v) is 2.52. The van der Waals surface area contributed by atoms with E-state index in [1.807, 2.05) is 0 Å². The van der Waals surface area contributed by atoms with Crippen LogP contribution in [0, 0.1) is 0 Å². The molecule has 8 heteroatoms. The zero-order valence-corrected chi connectivity index (χ0v) is 13.8. The Hall–Kier alpha value is -2.74. The molecule has 2 aromatic rings. The van der Waals surface area contributed by atoms with Gasteiger partial charge >= 0.3 is 6.18 Å². The van der Waals surface area contributed by atoms with Gasteiger partial charge in [-0.25, -0.2) is 0 Å². The Morgan fingerprint density at radius 2 is 1.85 bits per heavy atom. The second-order valence-corrected chi connectivity index (χ2v) is 6.10. The summed E-state index contributed by atoms with van der Waals surface area (Å²) >= 11 is 0. The van der Waals surface area contributed by atoms with Gasteiger partial charge < -0.3 is 19.9 Å². The van der Waals surface area contributed by atoms with Gasteiger partial charge in [-0.15, -0.1) is 0 Å². The van der Waals surface area contributed by atoms with E-state index in [0.29, 0.717) is 17.1 Å². The third-order valence-electron chi connectivity index (χ3n) is 4.04. The van der Waals surface area contributed by atoms with Gasteiger partial charge in [0.15, 0.2) is 11.5 Å². The lowest BCUT2D eigenvalue weighted by atomic mass is 9.95. The van der Waals surface area contributed by atoms with Gasteiger partial charge in [0.2, 0.25) is 6.79 Å². The summed E-state index contributed by atoms with van der Waals surface area (Å²) < 4.78 is 48.7. The summed E-state index contributed by atoms with van der Waals surface area (Å²) in [7, 11) is 0. The fourth-order valence-electron chi connectivity index (χ4n) is 2.52. The van der Waals surface area contributed by atoms with Crippen LogP contribution in [0.4, 0.5) is 13.2 Å². The highest BCUT2D eigenvalue weighted by Gasteiger charge is 2.31. The number of alkyl halides is 3. The first kappa shape index (κ1) is 18.1. The van der Waals surface area contributed by atoms with Crippen LogP contribution in [0.3, 0.4) is 0 Å². The molecule has 0 aliphatic carbocycles. The number of nitrogens with one attached hydrogen (secondary N) is 1. The van der Waals surface area contributed by atoms with Crippen molar-refractivity contribution in [2.75, 3.05) is 13.3 Å². The summed E-state index contributed by atoms with van der Waals surface area (Å²) in [6.07, 6.45) is -4.53. The second kappa shape index (κ2) is 6.53. The lowest BCUT2D eigenvalue weighted by Crippen LogP contribution is -2.38. The molecule has 0 fully saturated rings. The van der Waals surface area contributed by atoms with Crippen LogP contribution in [0.2, 0.25) is 0 Å². The number of rotatable bonds is 4. The van der Waals surface area contributed by atoms with Gasteiger partial charge in [0, 0.05) is 5.56 Å². The maximum Gasteiger partial charge on any atom is 0.416 e. The van der Waals surface area contributed by atoms with Crippen molar-refractivity contribution >= 4 is 5.91 Å². The monoisotopic (exact) mass is 367 g/mol. The summed E-state index contributed by atoms with van der Waals surface area (Å²) in [6, 6.07) is 8.96. The van der Waals surface area contributed by atoms with E-state index in [4.69, 9.17) is 9.47 Å². The molecule has 0 bridgehead atoms. The molecule has 5 nitrogen and oxygen atoms in total. The number of ether oxygens (including phenoxy) is 2. The molecule has 1 amide bonds. The van der Waals surface area contributed by atoms with E-state index >= 15 is 0 Å². The highest BCUT2D eigenvalue weighted by Crippen LogP contribution is 2.35. The van der Waals surface area contributed by atoms with Crippen molar-refractivity contribution in [2.24, 2.45) is 0 Å². The number of hydrogen-bond donors (Lipinski definition) is 2. The maximum absolute atomic E-state index is 12.7. The van der Waals surface area contributed by atoms with Crippen LogP contribution in [0.5, 0.6) is 11.5 Å². The Kier molecular flexibility index (Phi) is 4.53. The molecular weight excluding hydrogens is 351 g/mol. The van der Waals surface area contributed by atoms with Crippen LogP contribution in [0.15, 0.2) is 42.5 Å². The Labute approximate surface area is 147 Å². The number of hydrogen-bond acceptors (Lipinski definition) is 4. The molecule has 1 aliphatic heterocycles. The van der Waals surface area contributed by atoms with Crippen LogP contribution in [0.1, 0.15) is 28.4 Å². The Bertz CT molecular complexity index is 833. The first-order valence-corrected chi connectivity index (χ1v) is 7.75. The van der Waals surface area contributed by atoms with Gasteiger partial charge in [-0.2, -0.15) is 13.2 Å². The van der Waals surface area contributed by atoms with Gasteiger partial charge in [-0.1, -0.05) is 12.1 Å². The van der Waals surface area contributed by atoms with Gasteiger partial charge in [-0.3, -0.25) is 4.79 Å². The number of benzene rings is 2. The zero-order chi connectivity index (χ0) is 18.9. The largest absolute Gasteiger partial charge is 0.454 e.